The van der Waals surface area contributed by atoms with E-state index in [-0.39, 0.29) is 5.78 Å². The first-order chi connectivity index (χ1) is 13.5. The predicted octanol–water partition coefficient (Wildman–Crippen LogP) is 6.11. The number of hydrogen-bond acceptors (Lipinski definition) is 5. The van der Waals surface area contributed by atoms with E-state index in [4.69, 9.17) is 21.1 Å². The molecule has 0 saturated heterocycles. The van der Waals surface area contributed by atoms with Crippen molar-refractivity contribution in [1.82, 2.24) is 4.98 Å². The van der Waals surface area contributed by atoms with E-state index in [2.05, 4.69) is 26.2 Å². The first-order valence-corrected chi connectivity index (χ1v) is 9.63. The summed E-state index contributed by atoms with van der Waals surface area (Å²) in [6, 6.07) is 12.8. The molecule has 1 N–H and O–H groups in total. The van der Waals surface area contributed by atoms with Crippen molar-refractivity contribution in [3.63, 3.8) is 0 Å². The molecule has 0 bridgehead atoms. The Bertz CT molecular complexity index is 993. The number of nitrogens with one attached hydrogen (secondary N) is 1. The fourth-order valence-corrected chi connectivity index (χ4v) is 3.17. The minimum absolute atomic E-state index is 0.0459. The Morgan fingerprint density at radius 1 is 1.14 bits per heavy atom. The van der Waals surface area contributed by atoms with Gasteiger partial charge in [-0.05, 0) is 48.9 Å². The molecule has 0 aliphatic heterocycles. The molecule has 0 aliphatic carbocycles. The third-order valence-electron chi connectivity index (χ3n) is 4.01. The summed E-state index contributed by atoms with van der Waals surface area (Å²) in [6.45, 7) is 2.12. The minimum atomic E-state index is 0.0459. The summed E-state index contributed by atoms with van der Waals surface area (Å²) in [4.78, 5) is 15.4. The molecule has 0 radical (unpaired) electrons. The molecule has 28 heavy (non-hydrogen) atoms. The summed E-state index contributed by atoms with van der Waals surface area (Å²) in [7, 11) is 1.59. The molecule has 5 nitrogen and oxygen atoms in total. The van der Waals surface area contributed by atoms with Gasteiger partial charge >= 0.3 is 0 Å². The van der Waals surface area contributed by atoms with E-state index >= 15 is 0 Å². The number of halogens is 2. The van der Waals surface area contributed by atoms with Gasteiger partial charge in [-0.1, -0.05) is 27.5 Å². The van der Waals surface area contributed by atoms with E-state index in [1.54, 1.807) is 44.6 Å². The lowest BCUT2D eigenvalue weighted by molar-refractivity contribution is 0.101. The predicted molar refractivity (Wildman–Crippen MR) is 114 cm³/mol. The van der Waals surface area contributed by atoms with Gasteiger partial charge in [0.1, 0.15) is 5.75 Å². The van der Waals surface area contributed by atoms with Crippen LogP contribution in [0.1, 0.15) is 22.8 Å². The smallest absolute Gasteiger partial charge is 0.170 e. The Morgan fingerprint density at radius 2 is 1.89 bits per heavy atom. The topological polar surface area (TPSA) is 60.5 Å². The lowest BCUT2D eigenvalue weighted by Gasteiger charge is -2.15. The van der Waals surface area contributed by atoms with Gasteiger partial charge in [0.2, 0.25) is 0 Å². The molecule has 0 unspecified atom stereocenters. The van der Waals surface area contributed by atoms with Crippen LogP contribution >= 0.6 is 27.5 Å². The highest BCUT2D eigenvalue weighted by Crippen LogP contribution is 2.37. The number of Topliss-reactive ketones (excluding diaryl/α,β-unsaturated/α-hetero) is 1. The van der Waals surface area contributed by atoms with Crippen LogP contribution < -0.4 is 14.8 Å². The van der Waals surface area contributed by atoms with Gasteiger partial charge in [0, 0.05) is 34.5 Å². The highest BCUT2D eigenvalue weighted by atomic mass is 79.9. The minimum Gasteiger partial charge on any atom is -0.493 e. The van der Waals surface area contributed by atoms with E-state index in [9.17, 15) is 4.79 Å². The van der Waals surface area contributed by atoms with Crippen LogP contribution in [-0.2, 0) is 6.54 Å². The number of rotatable bonds is 7. The van der Waals surface area contributed by atoms with E-state index in [0.717, 1.165) is 15.7 Å². The summed E-state index contributed by atoms with van der Waals surface area (Å²) in [6.07, 6.45) is 3.12. The zero-order valence-electron chi connectivity index (χ0n) is 15.3. The van der Waals surface area contributed by atoms with Crippen molar-refractivity contribution >= 4 is 39.0 Å². The Kier molecular flexibility index (Phi) is 6.54. The van der Waals surface area contributed by atoms with Gasteiger partial charge < -0.3 is 14.8 Å². The molecule has 0 amide bonds. The number of hydrogen-bond donors (Lipinski definition) is 1. The maximum absolute atomic E-state index is 11.4. The number of carbonyl (C=O) groups is 1. The second kappa shape index (κ2) is 9.08. The van der Waals surface area contributed by atoms with Gasteiger partial charge in [0.25, 0.3) is 0 Å². The maximum atomic E-state index is 11.4. The Balaban J connectivity index is 1.76. The highest BCUT2D eigenvalue weighted by molar-refractivity contribution is 9.10. The van der Waals surface area contributed by atoms with Gasteiger partial charge in [0.05, 0.1) is 18.3 Å². The van der Waals surface area contributed by atoms with Crippen molar-refractivity contribution in [2.45, 2.75) is 13.5 Å². The number of pyridine rings is 1. The van der Waals surface area contributed by atoms with Crippen LogP contribution in [0.25, 0.3) is 0 Å². The zero-order chi connectivity index (χ0) is 20.1. The van der Waals surface area contributed by atoms with Gasteiger partial charge in [-0.25, -0.2) is 0 Å². The van der Waals surface area contributed by atoms with E-state index in [1.165, 1.54) is 0 Å². The number of benzene rings is 2. The van der Waals surface area contributed by atoms with Crippen LogP contribution in [-0.4, -0.2) is 17.9 Å². The molecule has 0 spiro atoms. The number of carbonyl (C=O) groups excluding carboxylic acids is 1. The second-order valence-electron chi connectivity index (χ2n) is 6.02. The van der Waals surface area contributed by atoms with Gasteiger partial charge in [0.15, 0.2) is 17.3 Å². The number of aromatic nitrogens is 1. The molecule has 3 rings (SSSR count). The number of ketones is 1. The van der Waals surface area contributed by atoms with Gasteiger partial charge in [-0.3, -0.25) is 9.78 Å². The molecule has 2 aromatic carbocycles. The molecular formula is C21H18BrClN2O3. The molecule has 1 aromatic heterocycles. The van der Waals surface area contributed by atoms with Crippen molar-refractivity contribution in [3.8, 4) is 17.2 Å². The normalized spacial score (nSPS) is 10.4. The summed E-state index contributed by atoms with van der Waals surface area (Å²) in [5.74, 6) is 1.71. The first-order valence-electron chi connectivity index (χ1n) is 8.46. The number of nitrogens with zero attached hydrogens (tertiary/aromatic N) is 1. The van der Waals surface area contributed by atoms with Crippen LogP contribution in [0, 0.1) is 0 Å². The Hall–Kier alpha value is -2.57. The fourth-order valence-electron chi connectivity index (χ4n) is 2.55. The van der Waals surface area contributed by atoms with Crippen LogP contribution in [0.4, 0.5) is 5.69 Å². The van der Waals surface area contributed by atoms with Crippen LogP contribution in [0.5, 0.6) is 17.2 Å². The van der Waals surface area contributed by atoms with E-state index < -0.39 is 0 Å². The summed E-state index contributed by atoms with van der Waals surface area (Å²) in [5.41, 5.74) is 2.59. The fraction of sp³-hybridized carbons (Fsp3) is 0.143. The molecule has 0 fully saturated rings. The quantitative estimate of drug-likeness (QED) is 0.430. The lowest BCUT2D eigenvalue weighted by Crippen LogP contribution is -2.02. The molecular weight excluding hydrogens is 444 g/mol. The average Bonchev–Trinajstić information content (AvgIpc) is 2.67. The molecule has 0 aliphatic rings. The van der Waals surface area contributed by atoms with E-state index in [0.29, 0.717) is 34.4 Å². The molecule has 0 atom stereocenters. The second-order valence-corrected chi connectivity index (χ2v) is 7.31. The third kappa shape index (κ3) is 5.03. The SMILES string of the molecule is COc1cc(CNc2ccc(C(C)=O)cc2)c(Br)cc1Oc1cncc(Cl)c1. The monoisotopic (exact) mass is 460 g/mol. The lowest BCUT2D eigenvalue weighted by atomic mass is 10.1. The van der Waals surface area contributed by atoms with Crippen molar-refractivity contribution in [2.75, 3.05) is 12.4 Å². The first kappa shape index (κ1) is 20.2. The van der Waals surface area contributed by atoms with Crippen LogP contribution in [0.15, 0.2) is 59.3 Å². The summed E-state index contributed by atoms with van der Waals surface area (Å²) >= 11 is 9.54. The van der Waals surface area contributed by atoms with Crippen molar-refractivity contribution < 1.29 is 14.3 Å². The van der Waals surface area contributed by atoms with Gasteiger partial charge in [-0.2, -0.15) is 0 Å². The zero-order valence-corrected chi connectivity index (χ0v) is 17.7. The number of ether oxygens (including phenoxy) is 2. The van der Waals surface area contributed by atoms with Crippen molar-refractivity contribution in [2.24, 2.45) is 0 Å². The standard InChI is InChI=1S/C21H18BrClN2O3/c1-13(26)14-3-5-17(6-4-14)25-10-15-7-20(27-2)21(9-19(15)22)28-18-8-16(23)11-24-12-18/h3-9,11-12,25H,10H2,1-2H3. The summed E-state index contributed by atoms with van der Waals surface area (Å²) in [5, 5.41) is 3.82. The highest BCUT2D eigenvalue weighted by Gasteiger charge is 2.12. The largest absolute Gasteiger partial charge is 0.493 e. The molecule has 3 aromatic rings. The van der Waals surface area contributed by atoms with Crippen molar-refractivity contribution in [3.05, 3.63) is 75.5 Å². The number of methoxy groups -OCH3 is 1. The molecule has 0 saturated carbocycles. The average molecular weight is 462 g/mol. The number of anilines is 1. The molecule has 7 heteroatoms. The van der Waals surface area contributed by atoms with Crippen LogP contribution in [0.2, 0.25) is 5.02 Å². The molecule has 1 heterocycles. The van der Waals surface area contributed by atoms with Crippen molar-refractivity contribution in [1.29, 1.82) is 0 Å². The van der Waals surface area contributed by atoms with E-state index in [1.807, 2.05) is 24.3 Å². The maximum Gasteiger partial charge on any atom is 0.170 e. The third-order valence-corrected chi connectivity index (χ3v) is 4.96. The Labute approximate surface area is 176 Å². The molecule has 144 valence electrons. The summed E-state index contributed by atoms with van der Waals surface area (Å²) < 4.78 is 12.2. The Morgan fingerprint density at radius 3 is 2.54 bits per heavy atom. The van der Waals surface area contributed by atoms with Crippen LogP contribution in [0.3, 0.4) is 0 Å². The van der Waals surface area contributed by atoms with Gasteiger partial charge in [-0.15, -0.1) is 0 Å².